The van der Waals surface area contributed by atoms with Gasteiger partial charge in [0, 0.05) is 55.3 Å². The summed E-state index contributed by atoms with van der Waals surface area (Å²) in [7, 11) is 0. The molecule has 3 fully saturated rings. The Morgan fingerprint density at radius 2 is 1.66 bits per heavy atom. The zero-order valence-corrected chi connectivity index (χ0v) is 33.4. The molecule has 0 aliphatic carbocycles. The van der Waals surface area contributed by atoms with Crippen molar-refractivity contribution in [3.8, 4) is 6.07 Å². The number of imide groups is 1. The lowest BCUT2D eigenvalue weighted by Crippen LogP contribution is -2.48. The van der Waals surface area contributed by atoms with Gasteiger partial charge in [-0.25, -0.2) is 4.39 Å². The molecule has 0 radical (unpaired) electrons. The van der Waals surface area contributed by atoms with Crippen LogP contribution in [0.15, 0.2) is 54.6 Å². The fourth-order valence-corrected chi connectivity index (χ4v) is 8.47. The average Bonchev–Trinajstić information content (AvgIpc) is 3.34. The maximum atomic E-state index is 14.4. The van der Waals surface area contributed by atoms with Gasteiger partial charge in [0.2, 0.25) is 17.7 Å². The Bertz CT molecular complexity index is 2120. The van der Waals surface area contributed by atoms with Crippen molar-refractivity contribution in [1.82, 2.24) is 15.1 Å². The Morgan fingerprint density at radius 1 is 0.966 bits per heavy atom. The van der Waals surface area contributed by atoms with Gasteiger partial charge in [-0.2, -0.15) is 18.4 Å². The summed E-state index contributed by atoms with van der Waals surface area (Å²) < 4.78 is 55.7. The molecule has 17 heteroatoms. The summed E-state index contributed by atoms with van der Waals surface area (Å²) >= 11 is 4.74. The highest BCUT2D eigenvalue weighted by Crippen LogP contribution is 2.43. The number of hydrogen-bond donors (Lipinski definition) is 4. The second-order valence-corrected chi connectivity index (χ2v) is 15.7. The van der Waals surface area contributed by atoms with E-state index in [1.807, 2.05) is 30.0 Å². The minimum absolute atomic E-state index is 0.00360. The number of alkyl halides is 3. The van der Waals surface area contributed by atoms with Crippen molar-refractivity contribution in [2.75, 3.05) is 59.7 Å². The number of amides is 4. The highest BCUT2D eigenvalue weighted by molar-refractivity contribution is 7.81. The number of nitriles is 1. The Morgan fingerprint density at radius 3 is 2.33 bits per heavy atom. The van der Waals surface area contributed by atoms with Gasteiger partial charge in [-0.15, -0.1) is 12.6 Å². The normalized spacial score (nSPS) is 20.2. The zero-order chi connectivity index (χ0) is 41.9. The van der Waals surface area contributed by atoms with E-state index < -0.39 is 52.0 Å². The molecule has 12 nitrogen and oxygen atoms in total. The van der Waals surface area contributed by atoms with Crippen molar-refractivity contribution in [2.24, 2.45) is 0 Å². The first-order chi connectivity index (χ1) is 27.5. The highest BCUT2D eigenvalue weighted by atomic mass is 32.1. The third-order valence-corrected chi connectivity index (χ3v) is 11.3. The number of piperazine rings is 1. The predicted octanol–water partition coefficient (Wildman–Crippen LogP) is 5.53. The molecule has 3 saturated heterocycles. The van der Waals surface area contributed by atoms with Crippen molar-refractivity contribution >= 4 is 59.0 Å². The van der Waals surface area contributed by atoms with Gasteiger partial charge in [0.15, 0.2) is 5.50 Å². The molecule has 3 heterocycles. The number of rotatable bonds is 12. The van der Waals surface area contributed by atoms with Crippen molar-refractivity contribution in [3.63, 3.8) is 0 Å². The molecule has 3 aliphatic heterocycles. The van der Waals surface area contributed by atoms with E-state index in [4.69, 9.17) is 12.6 Å². The van der Waals surface area contributed by atoms with Crippen LogP contribution in [0.1, 0.15) is 62.3 Å². The van der Waals surface area contributed by atoms with Crippen LogP contribution in [-0.4, -0.2) is 89.8 Å². The standard InChI is InChI=1S/C41H46F4N8O4S/c1-4-25-18-32(53-39(58)52(38(57)40(53,2)3)31-9-8-27(23-46)33(22-31)41(43,44)45)10-7-26(25)6-5-13-50-14-16-51(17-15-50)24-36(55)48-30-20-28(42)19-29(21-30)47-34-11-12-35(54)49-37(34)56/h7-10,18-22,34,39,47,58H,4-6,11-17,24H2,1-3H3,(H,48,55)(H,49,54,56). The lowest BCUT2D eigenvalue weighted by Gasteiger charge is -2.34. The molecule has 0 aromatic heterocycles. The Labute approximate surface area is 339 Å². The predicted molar refractivity (Wildman–Crippen MR) is 215 cm³/mol. The molecule has 0 spiro atoms. The van der Waals surface area contributed by atoms with Gasteiger partial charge in [-0.05, 0) is 106 Å². The van der Waals surface area contributed by atoms with E-state index in [0.29, 0.717) is 24.5 Å². The van der Waals surface area contributed by atoms with Crippen molar-refractivity contribution in [1.29, 1.82) is 5.26 Å². The molecule has 308 valence electrons. The van der Waals surface area contributed by atoms with Crippen LogP contribution in [0.5, 0.6) is 0 Å². The average molecular weight is 823 g/mol. The first-order valence-corrected chi connectivity index (χ1v) is 19.7. The number of anilines is 4. The van der Waals surface area contributed by atoms with E-state index in [9.17, 15) is 42.0 Å². The van der Waals surface area contributed by atoms with E-state index in [1.165, 1.54) is 23.1 Å². The molecule has 3 N–H and O–H groups in total. The number of nitrogens with one attached hydrogen (secondary N) is 3. The van der Waals surface area contributed by atoms with Gasteiger partial charge in [0.1, 0.15) is 17.4 Å². The van der Waals surface area contributed by atoms with Gasteiger partial charge >= 0.3 is 6.18 Å². The van der Waals surface area contributed by atoms with Crippen LogP contribution >= 0.6 is 12.6 Å². The van der Waals surface area contributed by atoms with Crippen LogP contribution in [-0.2, 0) is 38.2 Å². The van der Waals surface area contributed by atoms with Crippen molar-refractivity contribution < 1.29 is 36.7 Å². The minimum Gasteiger partial charge on any atom is -0.374 e. The lowest BCUT2D eigenvalue weighted by molar-refractivity contribution is -0.138. The van der Waals surface area contributed by atoms with Gasteiger partial charge in [0.25, 0.3) is 5.91 Å². The summed E-state index contributed by atoms with van der Waals surface area (Å²) in [6, 6.07) is 14.1. The third-order valence-electron chi connectivity index (χ3n) is 10.9. The lowest BCUT2D eigenvalue weighted by atomic mass is 9.97. The van der Waals surface area contributed by atoms with E-state index in [-0.39, 0.29) is 42.6 Å². The summed E-state index contributed by atoms with van der Waals surface area (Å²) in [5.74, 6) is -2.12. The molecular formula is C41H46F4N8O4S. The van der Waals surface area contributed by atoms with E-state index >= 15 is 0 Å². The SMILES string of the molecule is CCc1cc(N2C(S)N(c3ccc(C#N)c(C(F)(F)F)c3)C(=O)C2(C)C)ccc1CCCN1CCN(CC(=O)Nc2cc(F)cc(NC3CCC(=O)NC3=O)c2)CC1. The first-order valence-electron chi connectivity index (χ1n) is 19.2. The number of carbonyl (C=O) groups excluding carboxylic acids is 4. The van der Waals surface area contributed by atoms with Crippen molar-refractivity contribution in [3.05, 3.63) is 82.7 Å². The summed E-state index contributed by atoms with van der Waals surface area (Å²) in [6.45, 7) is 9.36. The van der Waals surface area contributed by atoms with Gasteiger partial charge in [-0.3, -0.25) is 34.3 Å². The Kier molecular flexibility index (Phi) is 12.7. The number of aryl methyl sites for hydroxylation is 2. The fraction of sp³-hybridized carbons (Fsp3) is 0.439. The zero-order valence-electron chi connectivity index (χ0n) is 32.5. The molecule has 0 saturated carbocycles. The summed E-state index contributed by atoms with van der Waals surface area (Å²) in [5, 5.41) is 17.2. The topological polar surface area (TPSA) is 141 Å². The van der Waals surface area contributed by atoms with Gasteiger partial charge in [-0.1, -0.05) is 13.0 Å². The Hall–Kier alpha value is -5.18. The molecule has 3 aromatic rings. The number of halogens is 4. The summed E-state index contributed by atoms with van der Waals surface area (Å²) in [4.78, 5) is 57.6. The fourth-order valence-electron chi connectivity index (χ4n) is 7.81. The number of piperidine rings is 1. The number of carbonyl (C=O) groups is 4. The molecule has 2 atom stereocenters. The molecule has 3 aromatic carbocycles. The smallest absolute Gasteiger partial charge is 0.374 e. The van der Waals surface area contributed by atoms with Gasteiger partial charge < -0.3 is 20.4 Å². The van der Waals surface area contributed by atoms with Crippen LogP contribution in [0.2, 0.25) is 0 Å². The van der Waals surface area contributed by atoms with E-state index in [0.717, 1.165) is 62.2 Å². The van der Waals surface area contributed by atoms with Crippen LogP contribution < -0.4 is 25.8 Å². The van der Waals surface area contributed by atoms with Crippen LogP contribution in [0.25, 0.3) is 0 Å². The minimum atomic E-state index is -4.77. The number of benzene rings is 3. The molecule has 4 amide bonds. The maximum Gasteiger partial charge on any atom is 0.417 e. The second-order valence-electron chi connectivity index (χ2n) is 15.2. The van der Waals surface area contributed by atoms with Crippen molar-refractivity contribution in [2.45, 2.75) is 76.1 Å². The van der Waals surface area contributed by atoms with Gasteiger partial charge in [0.05, 0.1) is 23.7 Å². The maximum absolute atomic E-state index is 14.4. The molecule has 3 aliphatic rings. The summed E-state index contributed by atoms with van der Waals surface area (Å²) in [5.41, 5.74) is -0.124. The van der Waals surface area contributed by atoms with E-state index in [1.54, 1.807) is 30.9 Å². The first kappa shape index (κ1) is 42.4. The third kappa shape index (κ3) is 9.40. The van der Waals surface area contributed by atoms with Crippen LogP contribution in [0.3, 0.4) is 0 Å². The van der Waals surface area contributed by atoms with Crippen LogP contribution in [0.4, 0.5) is 40.3 Å². The summed E-state index contributed by atoms with van der Waals surface area (Å²) in [6.07, 6.45) is -1.89. The highest BCUT2D eigenvalue weighted by Gasteiger charge is 2.52. The van der Waals surface area contributed by atoms with E-state index in [2.05, 4.69) is 20.9 Å². The largest absolute Gasteiger partial charge is 0.417 e. The Balaban J connectivity index is 0.999. The molecule has 2 unspecified atom stereocenters. The number of nitrogens with zero attached hydrogens (tertiary/aromatic N) is 5. The number of thiol groups is 1. The molecule has 6 rings (SSSR count). The van der Waals surface area contributed by atoms with Crippen LogP contribution in [0, 0.1) is 17.1 Å². The molecule has 0 bridgehead atoms. The molecule has 58 heavy (non-hydrogen) atoms. The monoisotopic (exact) mass is 822 g/mol. The quantitative estimate of drug-likeness (QED) is 0.106. The number of hydrogen-bond acceptors (Lipinski definition) is 10. The molecular weight excluding hydrogens is 777 g/mol. The second kappa shape index (κ2) is 17.4.